The number of carbonyl (C=O) groups is 1. The van der Waals surface area contributed by atoms with E-state index in [-0.39, 0.29) is 11.6 Å². The molecule has 0 bridgehead atoms. The number of rotatable bonds is 2. The molecular weight excluding hydrogens is 251 g/mol. The molecule has 1 aromatic carbocycles. The maximum atomic E-state index is 13.4. The zero-order valence-electron chi connectivity index (χ0n) is 9.24. The third kappa shape index (κ3) is 1.89. The number of fused-ring (bicyclic) bond motifs is 1. The minimum Gasteiger partial charge on any atom is -0.350 e. The molecule has 0 radical (unpaired) electrons. The SMILES string of the molecule is O=C(Nc1ccccc1F)c1cc2sccc2[nH]1. The lowest BCUT2D eigenvalue weighted by atomic mass is 10.3. The van der Waals surface area contributed by atoms with Crippen LogP contribution in [-0.2, 0) is 0 Å². The number of aromatic amines is 1. The second-order valence-electron chi connectivity index (χ2n) is 3.82. The summed E-state index contributed by atoms with van der Waals surface area (Å²) in [5.41, 5.74) is 1.53. The van der Waals surface area contributed by atoms with Gasteiger partial charge in [-0.3, -0.25) is 4.79 Å². The molecule has 18 heavy (non-hydrogen) atoms. The van der Waals surface area contributed by atoms with E-state index in [9.17, 15) is 9.18 Å². The van der Waals surface area contributed by atoms with E-state index < -0.39 is 5.82 Å². The highest BCUT2D eigenvalue weighted by Gasteiger charge is 2.11. The van der Waals surface area contributed by atoms with Crippen molar-refractivity contribution in [3.05, 3.63) is 53.3 Å². The second-order valence-corrected chi connectivity index (χ2v) is 4.76. The van der Waals surface area contributed by atoms with Gasteiger partial charge in [-0.2, -0.15) is 0 Å². The topological polar surface area (TPSA) is 44.9 Å². The van der Waals surface area contributed by atoms with Crippen molar-refractivity contribution in [3.8, 4) is 0 Å². The lowest BCUT2D eigenvalue weighted by Crippen LogP contribution is -2.13. The Morgan fingerprint density at radius 3 is 2.89 bits per heavy atom. The molecule has 2 N–H and O–H groups in total. The number of H-pyrrole nitrogens is 1. The van der Waals surface area contributed by atoms with Crippen LogP contribution < -0.4 is 5.32 Å². The van der Waals surface area contributed by atoms with E-state index in [2.05, 4.69) is 10.3 Å². The Balaban J connectivity index is 1.87. The van der Waals surface area contributed by atoms with Gasteiger partial charge >= 0.3 is 0 Å². The van der Waals surface area contributed by atoms with Crippen LogP contribution in [0.4, 0.5) is 10.1 Å². The van der Waals surface area contributed by atoms with Crippen molar-refractivity contribution in [1.82, 2.24) is 4.98 Å². The van der Waals surface area contributed by atoms with Crippen LogP contribution in [0.25, 0.3) is 10.2 Å². The van der Waals surface area contributed by atoms with Crippen molar-refractivity contribution in [3.63, 3.8) is 0 Å². The molecule has 0 aliphatic carbocycles. The van der Waals surface area contributed by atoms with E-state index in [4.69, 9.17) is 0 Å². The Morgan fingerprint density at radius 2 is 2.11 bits per heavy atom. The van der Waals surface area contributed by atoms with Gasteiger partial charge in [0.05, 0.1) is 15.9 Å². The zero-order chi connectivity index (χ0) is 12.5. The van der Waals surface area contributed by atoms with Gasteiger partial charge in [0.25, 0.3) is 5.91 Å². The first-order valence-corrected chi connectivity index (χ1v) is 6.24. The molecule has 3 aromatic rings. The number of halogens is 1. The summed E-state index contributed by atoms with van der Waals surface area (Å²) in [4.78, 5) is 14.9. The molecule has 0 saturated heterocycles. The first-order chi connectivity index (χ1) is 8.74. The molecule has 0 atom stereocenters. The minimum absolute atomic E-state index is 0.181. The van der Waals surface area contributed by atoms with E-state index in [0.717, 1.165) is 10.2 Å². The number of amides is 1. The minimum atomic E-state index is -0.445. The fraction of sp³-hybridized carbons (Fsp3) is 0. The molecule has 0 spiro atoms. The molecule has 0 aliphatic heterocycles. The number of thiophene rings is 1. The van der Waals surface area contributed by atoms with Crippen LogP contribution in [0, 0.1) is 5.82 Å². The van der Waals surface area contributed by atoms with Crippen molar-refractivity contribution >= 4 is 33.1 Å². The molecule has 0 aliphatic rings. The smallest absolute Gasteiger partial charge is 0.272 e. The summed E-state index contributed by atoms with van der Waals surface area (Å²) in [6.07, 6.45) is 0. The largest absolute Gasteiger partial charge is 0.350 e. The van der Waals surface area contributed by atoms with Crippen molar-refractivity contribution in [1.29, 1.82) is 0 Å². The highest BCUT2D eigenvalue weighted by atomic mass is 32.1. The summed E-state index contributed by atoms with van der Waals surface area (Å²) in [6, 6.07) is 9.75. The molecule has 0 saturated carbocycles. The summed E-state index contributed by atoms with van der Waals surface area (Å²) in [6.45, 7) is 0. The molecule has 1 amide bonds. The average Bonchev–Trinajstić information content (AvgIpc) is 2.92. The number of carbonyl (C=O) groups excluding carboxylic acids is 1. The number of aromatic nitrogens is 1. The van der Waals surface area contributed by atoms with Crippen molar-refractivity contribution < 1.29 is 9.18 Å². The number of anilines is 1. The van der Waals surface area contributed by atoms with Gasteiger partial charge in [0.1, 0.15) is 11.5 Å². The summed E-state index contributed by atoms with van der Waals surface area (Å²) in [5.74, 6) is -0.789. The summed E-state index contributed by atoms with van der Waals surface area (Å²) < 4.78 is 14.4. The van der Waals surface area contributed by atoms with Gasteiger partial charge in [-0.05, 0) is 29.6 Å². The zero-order valence-corrected chi connectivity index (χ0v) is 10.1. The monoisotopic (exact) mass is 260 g/mol. The number of hydrogen-bond donors (Lipinski definition) is 2. The van der Waals surface area contributed by atoms with Crippen LogP contribution in [0.3, 0.4) is 0 Å². The van der Waals surface area contributed by atoms with Gasteiger partial charge in [-0.25, -0.2) is 4.39 Å². The highest BCUT2D eigenvalue weighted by molar-refractivity contribution is 7.17. The molecule has 0 unspecified atom stereocenters. The molecular formula is C13H9FN2OS. The average molecular weight is 260 g/mol. The van der Waals surface area contributed by atoms with Gasteiger partial charge < -0.3 is 10.3 Å². The summed E-state index contributed by atoms with van der Waals surface area (Å²) in [7, 11) is 0. The number of nitrogens with one attached hydrogen (secondary N) is 2. The normalized spacial score (nSPS) is 10.7. The molecule has 3 nitrogen and oxygen atoms in total. The van der Waals surface area contributed by atoms with Gasteiger partial charge in [-0.15, -0.1) is 11.3 Å². The standard InChI is InChI=1S/C13H9FN2OS/c14-8-3-1-2-4-9(8)16-13(17)11-7-12-10(15-11)5-6-18-12/h1-7,15H,(H,16,17). The van der Waals surface area contributed by atoms with Crippen LogP contribution in [0.15, 0.2) is 41.8 Å². The lowest BCUT2D eigenvalue weighted by molar-refractivity contribution is 0.102. The summed E-state index contributed by atoms with van der Waals surface area (Å²) in [5, 5.41) is 4.48. The molecule has 3 rings (SSSR count). The van der Waals surface area contributed by atoms with Gasteiger partial charge in [0.15, 0.2) is 0 Å². The van der Waals surface area contributed by atoms with E-state index in [0.29, 0.717) is 5.69 Å². The van der Waals surface area contributed by atoms with Crippen LogP contribution in [0.1, 0.15) is 10.5 Å². The quantitative estimate of drug-likeness (QED) is 0.726. The fourth-order valence-corrected chi connectivity index (χ4v) is 2.51. The van der Waals surface area contributed by atoms with Crippen LogP contribution in [0.2, 0.25) is 0 Å². The molecule has 5 heteroatoms. The highest BCUT2D eigenvalue weighted by Crippen LogP contribution is 2.22. The third-order valence-electron chi connectivity index (χ3n) is 2.61. The van der Waals surface area contributed by atoms with Crippen LogP contribution >= 0.6 is 11.3 Å². The Bertz CT molecular complexity index is 688. The maximum absolute atomic E-state index is 13.4. The maximum Gasteiger partial charge on any atom is 0.272 e. The third-order valence-corrected chi connectivity index (χ3v) is 3.47. The van der Waals surface area contributed by atoms with Gasteiger partial charge in [0.2, 0.25) is 0 Å². The van der Waals surface area contributed by atoms with Gasteiger partial charge in [-0.1, -0.05) is 12.1 Å². The second kappa shape index (κ2) is 4.27. The molecule has 2 heterocycles. The van der Waals surface area contributed by atoms with Gasteiger partial charge in [0, 0.05) is 0 Å². The Labute approximate surface area is 106 Å². The number of para-hydroxylation sites is 1. The van der Waals surface area contributed by atoms with Crippen LogP contribution in [-0.4, -0.2) is 10.9 Å². The van der Waals surface area contributed by atoms with Crippen molar-refractivity contribution in [2.75, 3.05) is 5.32 Å². The first kappa shape index (κ1) is 11.0. The molecule has 90 valence electrons. The molecule has 2 aromatic heterocycles. The van der Waals surface area contributed by atoms with E-state index in [1.165, 1.54) is 12.1 Å². The molecule has 0 fully saturated rings. The fourth-order valence-electron chi connectivity index (χ4n) is 1.72. The Kier molecular flexibility index (Phi) is 2.60. The lowest BCUT2D eigenvalue weighted by Gasteiger charge is -2.04. The van der Waals surface area contributed by atoms with Crippen LogP contribution in [0.5, 0.6) is 0 Å². The first-order valence-electron chi connectivity index (χ1n) is 5.36. The number of hydrogen-bond acceptors (Lipinski definition) is 2. The predicted octanol–water partition coefficient (Wildman–Crippen LogP) is 3.62. The summed E-state index contributed by atoms with van der Waals surface area (Å²) >= 11 is 1.55. The van der Waals surface area contributed by atoms with Crippen molar-refractivity contribution in [2.45, 2.75) is 0 Å². The Hall–Kier alpha value is -2.14. The van der Waals surface area contributed by atoms with E-state index in [1.807, 2.05) is 11.4 Å². The van der Waals surface area contributed by atoms with E-state index in [1.54, 1.807) is 29.5 Å². The predicted molar refractivity (Wildman–Crippen MR) is 70.5 cm³/mol. The number of benzene rings is 1. The Morgan fingerprint density at radius 1 is 1.28 bits per heavy atom. The van der Waals surface area contributed by atoms with Crippen molar-refractivity contribution in [2.24, 2.45) is 0 Å². The van der Waals surface area contributed by atoms with E-state index >= 15 is 0 Å².